The molecule has 5 nitrogen and oxygen atoms in total. The highest BCUT2D eigenvalue weighted by atomic mass is 16.7. The summed E-state index contributed by atoms with van der Waals surface area (Å²) in [7, 11) is 0. The topological polar surface area (TPSA) is 65.0 Å². The fraction of sp³-hybridized carbons (Fsp3) is 0.722. The van der Waals surface area contributed by atoms with Crippen molar-refractivity contribution in [3.63, 3.8) is 0 Å². The Morgan fingerprint density at radius 1 is 1.39 bits per heavy atom. The van der Waals surface area contributed by atoms with Gasteiger partial charge < -0.3 is 19.3 Å². The van der Waals surface area contributed by atoms with Gasteiger partial charge in [-0.25, -0.2) is 4.79 Å². The number of hydrogen-bond donors (Lipinski definition) is 1. The Morgan fingerprint density at radius 3 is 2.87 bits per heavy atom. The van der Waals surface area contributed by atoms with Gasteiger partial charge in [-0.1, -0.05) is 25.5 Å². The van der Waals surface area contributed by atoms with Crippen LogP contribution in [0, 0.1) is 11.8 Å². The Kier molecular flexibility index (Phi) is 7.62. The van der Waals surface area contributed by atoms with Crippen molar-refractivity contribution in [3.05, 3.63) is 24.5 Å². The van der Waals surface area contributed by atoms with Gasteiger partial charge in [0.25, 0.3) is 0 Å². The number of carbonyl (C=O) groups excluding carboxylic acids is 1. The molecule has 0 amide bonds. The van der Waals surface area contributed by atoms with Gasteiger partial charge >= 0.3 is 5.97 Å². The third-order valence-electron chi connectivity index (χ3n) is 4.48. The van der Waals surface area contributed by atoms with E-state index in [1.54, 1.807) is 6.08 Å². The van der Waals surface area contributed by atoms with E-state index in [2.05, 4.69) is 6.58 Å². The van der Waals surface area contributed by atoms with E-state index in [9.17, 15) is 4.79 Å². The second-order valence-electron chi connectivity index (χ2n) is 6.21. The minimum atomic E-state index is -0.448. The van der Waals surface area contributed by atoms with Gasteiger partial charge in [0.15, 0.2) is 0 Å². The third-order valence-corrected chi connectivity index (χ3v) is 4.48. The predicted molar refractivity (Wildman–Crippen MR) is 86.4 cm³/mol. The van der Waals surface area contributed by atoms with Gasteiger partial charge in [0.2, 0.25) is 12.0 Å². The zero-order chi connectivity index (χ0) is 16.5. The lowest BCUT2D eigenvalue weighted by atomic mass is 9.86. The van der Waals surface area contributed by atoms with Gasteiger partial charge in [0.05, 0.1) is 6.61 Å². The zero-order valence-electron chi connectivity index (χ0n) is 13.7. The number of hydrogen-bond acceptors (Lipinski definition) is 5. The van der Waals surface area contributed by atoms with Gasteiger partial charge in [-0.3, -0.25) is 0 Å². The molecule has 1 fully saturated rings. The molecule has 0 aromatic rings. The SMILES string of the molecule is C=CCOC(=O)C1=C[C@@H](C2CCCC2)C[C@@H](OCCCCO)O1. The molecule has 2 aliphatic rings. The highest BCUT2D eigenvalue weighted by Gasteiger charge is 2.33. The Bertz CT molecular complexity index is 412. The van der Waals surface area contributed by atoms with Crippen LogP contribution in [0.15, 0.2) is 24.5 Å². The summed E-state index contributed by atoms with van der Waals surface area (Å²) < 4.78 is 16.5. The number of esters is 1. The van der Waals surface area contributed by atoms with E-state index in [-0.39, 0.29) is 19.0 Å². The minimum absolute atomic E-state index is 0.165. The van der Waals surface area contributed by atoms with Crippen molar-refractivity contribution >= 4 is 5.97 Å². The molecule has 130 valence electrons. The molecule has 0 saturated heterocycles. The largest absolute Gasteiger partial charge is 0.458 e. The van der Waals surface area contributed by atoms with Crippen molar-refractivity contribution in [2.24, 2.45) is 11.8 Å². The van der Waals surface area contributed by atoms with Crippen LogP contribution >= 0.6 is 0 Å². The summed E-state index contributed by atoms with van der Waals surface area (Å²) in [6, 6.07) is 0. The van der Waals surface area contributed by atoms with Crippen molar-refractivity contribution in [1.82, 2.24) is 0 Å². The lowest BCUT2D eigenvalue weighted by Crippen LogP contribution is -2.31. The number of unbranched alkanes of at least 4 members (excludes halogenated alkanes) is 1. The molecule has 0 radical (unpaired) electrons. The summed E-state index contributed by atoms with van der Waals surface area (Å²) in [6.45, 7) is 4.41. The fourth-order valence-electron chi connectivity index (χ4n) is 3.28. The molecule has 1 N–H and O–H groups in total. The predicted octanol–water partition coefficient (Wildman–Crippen LogP) is 2.94. The average Bonchev–Trinajstić information content (AvgIpc) is 3.11. The summed E-state index contributed by atoms with van der Waals surface area (Å²) in [5.74, 6) is 0.726. The van der Waals surface area contributed by atoms with Crippen molar-refractivity contribution in [3.8, 4) is 0 Å². The number of rotatable bonds is 9. The number of allylic oxidation sites excluding steroid dienone is 1. The Morgan fingerprint density at radius 2 is 2.17 bits per heavy atom. The maximum Gasteiger partial charge on any atom is 0.373 e. The first-order valence-electron chi connectivity index (χ1n) is 8.63. The second-order valence-corrected chi connectivity index (χ2v) is 6.21. The summed E-state index contributed by atoms with van der Waals surface area (Å²) in [6.07, 6.45) is 10.3. The van der Waals surface area contributed by atoms with Crippen LogP contribution in [0.25, 0.3) is 0 Å². The van der Waals surface area contributed by atoms with Crippen LogP contribution in [-0.4, -0.2) is 37.2 Å². The van der Waals surface area contributed by atoms with Crippen molar-refractivity contribution in [2.45, 2.75) is 51.2 Å². The molecule has 0 unspecified atom stereocenters. The molecule has 0 bridgehead atoms. The standard InChI is InChI=1S/C18H28O5/c1-2-10-22-18(20)16-12-15(14-7-3-4-8-14)13-17(23-16)21-11-6-5-9-19/h2,12,14-15,17,19H,1,3-11,13H2/t15-,17+/m1/s1. The van der Waals surface area contributed by atoms with Crippen molar-refractivity contribution in [1.29, 1.82) is 0 Å². The van der Waals surface area contributed by atoms with Crippen LogP contribution in [0.5, 0.6) is 0 Å². The number of carbonyl (C=O) groups is 1. The molecule has 1 saturated carbocycles. The van der Waals surface area contributed by atoms with E-state index in [0.29, 0.717) is 24.9 Å². The van der Waals surface area contributed by atoms with E-state index < -0.39 is 12.3 Å². The lowest BCUT2D eigenvalue weighted by Gasteiger charge is -2.31. The normalized spacial score (nSPS) is 24.8. The Labute approximate surface area is 138 Å². The quantitative estimate of drug-likeness (QED) is 0.401. The molecule has 0 aromatic carbocycles. The van der Waals surface area contributed by atoms with Crippen LogP contribution in [0.4, 0.5) is 0 Å². The van der Waals surface area contributed by atoms with Crippen LogP contribution in [0.1, 0.15) is 44.9 Å². The molecule has 1 aliphatic heterocycles. The van der Waals surface area contributed by atoms with Crippen LogP contribution < -0.4 is 0 Å². The van der Waals surface area contributed by atoms with E-state index in [0.717, 1.165) is 12.8 Å². The maximum atomic E-state index is 12.1. The highest BCUT2D eigenvalue weighted by Crippen LogP contribution is 2.38. The van der Waals surface area contributed by atoms with Crippen LogP contribution in [-0.2, 0) is 19.0 Å². The number of ether oxygens (including phenoxy) is 3. The molecule has 2 atom stereocenters. The van der Waals surface area contributed by atoms with Crippen molar-refractivity contribution in [2.75, 3.05) is 19.8 Å². The molecule has 23 heavy (non-hydrogen) atoms. The zero-order valence-corrected chi connectivity index (χ0v) is 13.7. The molecule has 0 aromatic heterocycles. The summed E-state index contributed by atoms with van der Waals surface area (Å²) in [5.41, 5.74) is 0. The molecule has 5 heteroatoms. The maximum absolute atomic E-state index is 12.1. The first-order valence-corrected chi connectivity index (χ1v) is 8.63. The van der Waals surface area contributed by atoms with Crippen LogP contribution in [0.2, 0.25) is 0 Å². The van der Waals surface area contributed by atoms with E-state index in [1.165, 1.54) is 25.7 Å². The summed E-state index contributed by atoms with van der Waals surface area (Å²) in [4.78, 5) is 12.1. The van der Waals surface area contributed by atoms with E-state index in [4.69, 9.17) is 19.3 Å². The van der Waals surface area contributed by atoms with Gasteiger partial charge in [-0.15, -0.1) is 0 Å². The summed E-state index contributed by atoms with van der Waals surface area (Å²) >= 11 is 0. The van der Waals surface area contributed by atoms with E-state index >= 15 is 0 Å². The molecule has 2 rings (SSSR count). The number of aliphatic hydroxyl groups excluding tert-OH is 1. The molecule has 0 spiro atoms. The lowest BCUT2D eigenvalue weighted by molar-refractivity contribution is -0.164. The van der Waals surface area contributed by atoms with Crippen LogP contribution in [0.3, 0.4) is 0 Å². The van der Waals surface area contributed by atoms with Gasteiger partial charge in [0.1, 0.15) is 6.61 Å². The van der Waals surface area contributed by atoms with E-state index in [1.807, 2.05) is 6.08 Å². The van der Waals surface area contributed by atoms with Gasteiger partial charge in [-0.05, 0) is 43.6 Å². The average molecular weight is 324 g/mol. The minimum Gasteiger partial charge on any atom is -0.458 e. The third kappa shape index (κ3) is 5.66. The second kappa shape index (κ2) is 9.73. The molecular weight excluding hydrogens is 296 g/mol. The Balaban J connectivity index is 1.96. The number of aliphatic hydroxyl groups is 1. The van der Waals surface area contributed by atoms with Gasteiger partial charge in [-0.2, -0.15) is 0 Å². The Hall–Kier alpha value is -1.33. The fourth-order valence-corrected chi connectivity index (χ4v) is 3.28. The first-order chi connectivity index (χ1) is 11.2. The highest BCUT2D eigenvalue weighted by molar-refractivity contribution is 5.86. The monoisotopic (exact) mass is 324 g/mol. The van der Waals surface area contributed by atoms with Gasteiger partial charge in [0, 0.05) is 13.0 Å². The first kappa shape index (κ1) is 18.0. The van der Waals surface area contributed by atoms with Crippen molar-refractivity contribution < 1.29 is 24.1 Å². The molecule has 1 aliphatic carbocycles. The summed E-state index contributed by atoms with van der Waals surface area (Å²) in [5, 5.41) is 8.82. The molecule has 1 heterocycles. The smallest absolute Gasteiger partial charge is 0.373 e. The molecular formula is C18H28O5.